The monoisotopic (exact) mass is 306 g/mol. The molecule has 2 rings (SSSR count). The minimum atomic E-state index is -3.60. The molecule has 0 aliphatic rings. The summed E-state index contributed by atoms with van der Waals surface area (Å²) >= 11 is 0.970. The Morgan fingerprint density at radius 1 is 1.25 bits per heavy atom. The second-order valence-corrected chi connectivity index (χ2v) is 7.45. The van der Waals surface area contributed by atoms with Gasteiger partial charge in [0.05, 0.1) is 0 Å². The number of nitrogens with one attached hydrogen (secondary N) is 1. The van der Waals surface area contributed by atoms with Crippen LogP contribution >= 0.6 is 11.3 Å². The number of hydrogen-bond donors (Lipinski definition) is 1. The molecule has 1 aromatic heterocycles. The van der Waals surface area contributed by atoms with Crippen molar-refractivity contribution in [3.8, 4) is 6.07 Å². The number of sulfonamides is 1. The zero-order valence-electron chi connectivity index (χ0n) is 11.1. The van der Waals surface area contributed by atoms with Crippen LogP contribution in [0, 0.1) is 18.3 Å². The molecule has 0 aliphatic carbocycles. The first-order valence-corrected chi connectivity index (χ1v) is 8.32. The van der Waals surface area contributed by atoms with Crippen LogP contribution in [0.2, 0.25) is 0 Å². The molecule has 0 amide bonds. The maximum Gasteiger partial charge on any atom is 0.250 e. The van der Waals surface area contributed by atoms with Gasteiger partial charge in [0, 0.05) is 6.04 Å². The fourth-order valence-corrected chi connectivity index (χ4v) is 4.29. The summed E-state index contributed by atoms with van der Waals surface area (Å²) in [7, 11) is -3.60. The van der Waals surface area contributed by atoms with E-state index >= 15 is 0 Å². The van der Waals surface area contributed by atoms with Crippen LogP contribution in [0.15, 0.2) is 40.6 Å². The molecule has 4 nitrogen and oxygen atoms in total. The van der Waals surface area contributed by atoms with E-state index in [1.54, 1.807) is 6.92 Å². The van der Waals surface area contributed by atoms with Crippen LogP contribution in [0.25, 0.3) is 0 Å². The Hall–Kier alpha value is -1.68. The third-order valence-corrected chi connectivity index (χ3v) is 5.97. The molecular weight excluding hydrogens is 292 g/mol. The Morgan fingerprint density at radius 2 is 1.95 bits per heavy atom. The number of hydrogen-bond acceptors (Lipinski definition) is 4. The van der Waals surface area contributed by atoms with Crippen LogP contribution in [-0.4, -0.2) is 8.42 Å². The molecule has 0 spiro atoms. The molecule has 1 unspecified atom stereocenters. The van der Waals surface area contributed by atoms with Crippen molar-refractivity contribution in [3.63, 3.8) is 0 Å². The lowest BCUT2D eigenvalue weighted by atomic mass is 10.0. The van der Waals surface area contributed by atoms with Crippen LogP contribution in [0.3, 0.4) is 0 Å². The van der Waals surface area contributed by atoms with Crippen LogP contribution in [0.5, 0.6) is 0 Å². The number of aryl methyl sites for hydroxylation is 1. The lowest BCUT2D eigenvalue weighted by molar-refractivity contribution is 0.568. The molecule has 0 bridgehead atoms. The Balaban J connectivity index is 2.25. The average Bonchev–Trinajstić information content (AvgIpc) is 2.88. The van der Waals surface area contributed by atoms with Gasteiger partial charge >= 0.3 is 0 Å². The third-order valence-electron chi connectivity index (χ3n) is 2.94. The Bertz CT molecular complexity index is 757. The van der Waals surface area contributed by atoms with Crippen molar-refractivity contribution in [2.24, 2.45) is 0 Å². The summed E-state index contributed by atoms with van der Waals surface area (Å²) in [4.78, 5) is 0.383. The number of rotatable bonds is 4. The molecule has 1 N–H and O–H groups in total. The SMILES string of the molecule is Cc1ccccc1C(C)NS(=O)(=O)c1ccc(C#N)s1. The van der Waals surface area contributed by atoms with E-state index in [2.05, 4.69) is 4.72 Å². The van der Waals surface area contributed by atoms with Crippen molar-refractivity contribution < 1.29 is 8.42 Å². The van der Waals surface area contributed by atoms with Crippen LogP contribution < -0.4 is 4.72 Å². The normalized spacial score (nSPS) is 12.8. The summed E-state index contributed by atoms with van der Waals surface area (Å²) in [6, 6.07) is 12.2. The largest absolute Gasteiger partial charge is 0.250 e. The molecule has 1 aromatic carbocycles. The van der Waals surface area contributed by atoms with Gasteiger partial charge in [0.15, 0.2) is 0 Å². The smallest absolute Gasteiger partial charge is 0.206 e. The molecule has 0 saturated carbocycles. The Morgan fingerprint density at radius 3 is 2.55 bits per heavy atom. The molecule has 2 aromatic rings. The number of benzene rings is 1. The van der Waals surface area contributed by atoms with Gasteiger partial charge in [-0.15, -0.1) is 11.3 Å². The quantitative estimate of drug-likeness (QED) is 0.944. The first-order valence-electron chi connectivity index (χ1n) is 6.02. The van der Waals surface area contributed by atoms with E-state index in [0.29, 0.717) is 4.88 Å². The summed E-state index contributed by atoms with van der Waals surface area (Å²) < 4.78 is 27.3. The summed E-state index contributed by atoms with van der Waals surface area (Å²) in [5.74, 6) is 0. The summed E-state index contributed by atoms with van der Waals surface area (Å²) in [5, 5.41) is 8.76. The van der Waals surface area contributed by atoms with Gasteiger partial charge in [0.25, 0.3) is 10.0 Å². The first-order chi connectivity index (χ1) is 9.44. The minimum absolute atomic E-state index is 0.162. The highest BCUT2D eigenvalue weighted by Crippen LogP contribution is 2.24. The van der Waals surface area contributed by atoms with Gasteiger partial charge < -0.3 is 0 Å². The van der Waals surface area contributed by atoms with Gasteiger partial charge in [-0.05, 0) is 37.1 Å². The summed E-state index contributed by atoms with van der Waals surface area (Å²) in [6.07, 6.45) is 0. The third kappa shape index (κ3) is 3.07. The summed E-state index contributed by atoms with van der Waals surface area (Å²) in [5.41, 5.74) is 1.97. The topological polar surface area (TPSA) is 70.0 Å². The van der Waals surface area contributed by atoms with E-state index in [1.165, 1.54) is 12.1 Å². The lowest BCUT2D eigenvalue weighted by Gasteiger charge is -2.15. The highest BCUT2D eigenvalue weighted by Gasteiger charge is 2.21. The molecule has 1 atom stereocenters. The fourth-order valence-electron chi connectivity index (χ4n) is 1.95. The van der Waals surface area contributed by atoms with Crippen molar-refractivity contribution in [1.29, 1.82) is 5.26 Å². The van der Waals surface area contributed by atoms with Crippen molar-refractivity contribution in [2.75, 3.05) is 0 Å². The average molecular weight is 306 g/mol. The van der Waals surface area contributed by atoms with Crippen LogP contribution in [-0.2, 0) is 10.0 Å². The standard InChI is InChI=1S/C14H14N2O2S2/c1-10-5-3-4-6-13(10)11(2)16-20(17,18)14-8-7-12(9-15)19-14/h3-8,11,16H,1-2H3. The lowest BCUT2D eigenvalue weighted by Crippen LogP contribution is -2.26. The van der Waals surface area contributed by atoms with Gasteiger partial charge in [0.2, 0.25) is 0 Å². The molecule has 104 valence electrons. The molecule has 20 heavy (non-hydrogen) atoms. The fraction of sp³-hybridized carbons (Fsp3) is 0.214. The zero-order valence-corrected chi connectivity index (χ0v) is 12.8. The van der Waals surface area contributed by atoms with E-state index < -0.39 is 10.0 Å². The zero-order chi connectivity index (χ0) is 14.8. The second kappa shape index (κ2) is 5.75. The predicted octanol–water partition coefficient (Wildman–Crippen LogP) is 2.97. The predicted molar refractivity (Wildman–Crippen MR) is 78.9 cm³/mol. The van der Waals surface area contributed by atoms with Crippen LogP contribution in [0.4, 0.5) is 0 Å². The van der Waals surface area contributed by atoms with Crippen molar-refractivity contribution in [3.05, 3.63) is 52.4 Å². The number of nitriles is 1. The van der Waals surface area contributed by atoms with Gasteiger partial charge in [-0.1, -0.05) is 24.3 Å². The van der Waals surface area contributed by atoms with Crippen molar-refractivity contribution in [2.45, 2.75) is 24.1 Å². The van der Waals surface area contributed by atoms with Gasteiger partial charge in [-0.25, -0.2) is 13.1 Å². The maximum atomic E-state index is 12.2. The van der Waals surface area contributed by atoms with E-state index in [0.717, 1.165) is 22.5 Å². The van der Waals surface area contributed by atoms with E-state index in [9.17, 15) is 8.42 Å². The van der Waals surface area contributed by atoms with E-state index in [1.807, 2.05) is 37.3 Å². The molecule has 0 fully saturated rings. The van der Waals surface area contributed by atoms with Gasteiger partial charge in [-0.2, -0.15) is 5.26 Å². The molecule has 0 radical (unpaired) electrons. The Labute approximate surface area is 122 Å². The van der Waals surface area contributed by atoms with E-state index in [-0.39, 0.29) is 10.3 Å². The molecule has 6 heteroatoms. The molecule has 0 aliphatic heterocycles. The second-order valence-electron chi connectivity index (χ2n) is 4.43. The van der Waals surface area contributed by atoms with Crippen molar-refractivity contribution in [1.82, 2.24) is 4.72 Å². The molecular formula is C14H14N2O2S2. The molecule has 0 saturated heterocycles. The van der Waals surface area contributed by atoms with E-state index in [4.69, 9.17) is 5.26 Å². The maximum absolute atomic E-state index is 12.2. The minimum Gasteiger partial charge on any atom is -0.206 e. The van der Waals surface area contributed by atoms with Gasteiger partial charge in [-0.3, -0.25) is 0 Å². The first kappa shape index (κ1) is 14.7. The van der Waals surface area contributed by atoms with Crippen LogP contribution in [0.1, 0.15) is 29.0 Å². The van der Waals surface area contributed by atoms with Gasteiger partial charge in [0.1, 0.15) is 15.2 Å². The highest BCUT2D eigenvalue weighted by atomic mass is 32.2. The summed E-state index contributed by atoms with van der Waals surface area (Å²) in [6.45, 7) is 3.75. The number of nitrogens with zero attached hydrogens (tertiary/aromatic N) is 1. The Kier molecular flexibility index (Phi) is 4.23. The molecule has 1 heterocycles. The highest BCUT2D eigenvalue weighted by molar-refractivity contribution is 7.91. The number of thiophene rings is 1. The van der Waals surface area contributed by atoms with Crippen molar-refractivity contribution >= 4 is 21.4 Å².